The van der Waals surface area contributed by atoms with Crippen LogP contribution in [0.1, 0.15) is 16.1 Å². The van der Waals surface area contributed by atoms with Gasteiger partial charge in [-0.05, 0) is 24.3 Å². The van der Waals surface area contributed by atoms with Gasteiger partial charge in [-0.25, -0.2) is 9.78 Å². The number of nitrogens with one attached hydrogen (secondary N) is 1. The fourth-order valence-electron chi connectivity index (χ4n) is 2.21. The van der Waals surface area contributed by atoms with Gasteiger partial charge in [-0.3, -0.25) is 4.79 Å². The molecule has 0 aliphatic carbocycles. The summed E-state index contributed by atoms with van der Waals surface area (Å²) in [4.78, 5) is 27.5. The first-order valence-electron chi connectivity index (χ1n) is 6.68. The van der Waals surface area contributed by atoms with Crippen molar-refractivity contribution in [3.63, 3.8) is 0 Å². The van der Waals surface area contributed by atoms with Crippen molar-refractivity contribution in [1.82, 2.24) is 9.38 Å². The zero-order chi connectivity index (χ0) is 15.5. The van der Waals surface area contributed by atoms with Crippen LogP contribution >= 0.6 is 0 Å². The van der Waals surface area contributed by atoms with Crippen LogP contribution in [0.3, 0.4) is 0 Å². The average molecular weight is 295 g/mol. The second-order valence-corrected chi connectivity index (χ2v) is 4.77. The first-order valence-corrected chi connectivity index (χ1v) is 6.68. The minimum atomic E-state index is -1.08. The number of pyridine rings is 1. The topological polar surface area (TPSA) is 83.7 Å². The van der Waals surface area contributed by atoms with Crippen molar-refractivity contribution in [2.75, 3.05) is 5.32 Å². The van der Waals surface area contributed by atoms with E-state index in [1.165, 1.54) is 6.07 Å². The lowest BCUT2D eigenvalue weighted by Gasteiger charge is -2.07. The molecule has 2 N–H and O–H groups in total. The molecule has 0 radical (unpaired) electrons. The quantitative estimate of drug-likeness (QED) is 0.773. The standard InChI is InChI=1S/C16H13N3O3/c20-15(18-13-6-2-1-5-12(13)16(21)22)9-11-10-19-8-4-3-7-14(19)17-11/h1-8,10H,9H2,(H,18,20)(H,21,22). The van der Waals surface area contributed by atoms with Crippen molar-refractivity contribution in [3.8, 4) is 0 Å². The van der Waals surface area contributed by atoms with E-state index in [4.69, 9.17) is 5.11 Å². The van der Waals surface area contributed by atoms with Gasteiger partial charge in [-0.1, -0.05) is 18.2 Å². The molecule has 3 rings (SSSR count). The Morgan fingerprint density at radius 1 is 1.14 bits per heavy atom. The predicted octanol–water partition coefficient (Wildman–Crippen LogP) is 2.21. The third-order valence-corrected chi connectivity index (χ3v) is 3.19. The number of anilines is 1. The van der Waals surface area contributed by atoms with Gasteiger partial charge in [-0.2, -0.15) is 0 Å². The molecule has 6 nitrogen and oxygen atoms in total. The smallest absolute Gasteiger partial charge is 0.337 e. The summed E-state index contributed by atoms with van der Waals surface area (Å²) < 4.78 is 1.83. The molecule has 0 unspecified atom stereocenters. The van der Waals surface area contributed by atoms with E-state index in [1.54, 1.807) is 24.4 Å². The molecule has 0 spiro atoms. The maximum Gasteiger partial charge on any atom is 0.337 e. The Hall–Kier alpha value is -3.15. The number of nitrogens with zero attached hydrogens (tertiary/aromatic N) is 2. The Balaban J connectivity index is 1.76. The number of carbonyl (C=O) groups is 2. The highest BCUT2D eigenvalue weighted by Crippen LogP contribution is 2.15. The molecule has 3 aromatic rings. The van der Waals surface area contributed by atoms with E-state index in [-0.39, 0.29) is 23.6 Å². The minimum Gasteiger partial charge on any atom is -0.478 e. The number of hydrogen-bond donors (Lipinski definition) is 2. The summed E-state index contributed by atoms with van der Waals surface area (Å²) in [6, 6.07) is 11.9. The van der Waals surface area contributed by atoms with Crippen molar-refractivity contribution < 1.29 is 14.7 Å². The number of carbonyl (C=O) groups excluding carboxylic acids is 1. The Bertz CT molecular complexity index is 821. The first kappa shape index (κ1) is 13.8. The number of carboxylic acid groups (broad SMARTS) is 1. The molecule has 110 valence electrons. The maximum atomic E-state index is 12.1. The van der Waals surface area contributed by atoms with Gasteiger partial charge in [0.25, 0.3) is 0 Å². The zero-order valence-corrected chi connectivity index (χ0v) is 11.6. The van der Waals surface area contributed by atoms with Gasteiger partial charge in [0.05, 0.1) is 23.4 Å². The van der Waals surface area contributed by atoms with E-state index in [0.29, 0.717) is 5.69 Å². The molecular formula is C16H13N3O3. The number of imidazole rings is 1. The molecule has 0 saturated heterocycles. The van der Waals surface area contributed by atoms with Gasteiger partial charge in [0, 0.05) is 12.4 Å². The molecular weight excluding hydrogens is 282 g/mol. The summed E-state index contributed by atoms with van der Waals surface area (Å²) in [5.41, 5.74) is 1.72. The van der Waals surface area contributed by atoms with E-state index in [9.17, 15) is 9.59 Å². The lowest BCUT2D eigenvalue weighted by molar-refractivity contribution is -0.115. The number of aromatic carboxylic acids is 1. The highest BCUT2D eigenvalue weighted by Gasteiger charge is 2.13. The SMILES string of the molecule is O=C(Cc1cn2ccccc2n1)Nc1ccccc1C(=O)O. The third-order valence-electron chi connectivity index (χ3n) is 3.19. The molecule has 0 aliphatic heterocycles. The summed E-state index contributed by atoms with van der Waals surface area (Å²) in [7, 11) is 0. The number of fused-ring (bicyclic) bond motifs is 1. The molecule has 22 heavy (non-hydrogen) atoms. The summed E-state index contributed by atoms with van der Waals surface area (Å²) in [5.74, 6) is -1.39. The Kier molecular flexibility index (Phi) is 3.57. The third kappa shape index (κ3) is 2.80. The highest BCUT2D eigenvalue weighted by molar-refractivity contribution is 6.00. The van der Waals surface area contributed by atoms with Crippen LogP contribution in [0.15, 0.2) is 54.9 Å². The molecule has 1 amide bonds. The lowest BCUT2D eigenvalue weighted by Crippen LogP contribution is -2.16. The van der Waals surface area contributed by atoms with Gasteiger partial charge >= 0.3 is 5.97 Å². The van der Waals surface area contributed by atoms with E-state index in [2.05, 4.69) is 10.3 Å². The molecule has 1 aromatic carbocycles. The number of aromatic nitrogens is 2. The van der Waals surface area contributed by atoms with E-state index in [0.717, 1.165) is 5.65 Å². The number of rotatable bonds is 4. The highest BCUT2D eigenvalue weighted by atomic mass is 16.4. The average Bonchev–Trinajstić information content (AvgIpc) is 2.89. The van der Waals surface area contributed by atoms with Crippen LogP contribution in [0, 0.1) is 0 Å². The fraction of sp³-hybridized carbons (Fsp3) is 0.0625. The van der Waals surface area contributed by atoms with Crippen molar-refractivity contribution in [3.05, 3.63) is 66.1 Å². The van der Waals surface area contributed by atoms with E-state index < -0.39 is 5.97 Å². The van der Waals surface area contributed by atoms with E-state index >= 15 is 0 Å². The molecule has 0 saturated carbocycles. The molecule has 0 bridgehead atoms. The largest absolute Gasteiger partial charge is 0.478 e. The molecule has 0 fully saturated rings. The van der Waals surface area contributed by atoms with Crippen LogP contribution in [-0.2, 0) is 11.2 Å². The molecule has 6 heteroatoms. The normalized spacial score (nSPS) is 10.5. The van der Waals surface area contributed by atoms with Gasteiger partial charge < -0.3 is 14.8 Å². The summed E-state index contributed by atoms with van der Waals surface area (Å²) in [5, 5.41) is 11.7. The van der Waals surface area contributed by atoms with Crippen LogP contribution < -0.4 is 5.32 Å². The number of carboxylic acids is 1. The van der Waals surface area contributed by atoms with Gasteiger partial charge in [0.15, 0.2) is 0 Å². The monoisotopic (exact) mass is 295 g/mol. The van der Waals surface area contributed by atoms with Crippen LogP contribution in [0.4, 0.5) is 5.69 Å². The van der Waals surface area contributed by atoms with Crippen molar-refractivity contribution >= 4 is 23.2 Å². The van der Waals surface area contributed by atoms with Gasteiger partial charge in [-0.15, -0.1) is 0 Å². The van der Waals surface area contributed by atoms with Crippen LogP contribution in [0.5, 0.6) is 0 Å². The molecule has 2 aromatic heterocycles. The summed E-state index contributed by atoms with van der Waals surface area (Å²) in [6.45, 7) is 0. The van der Waals surface area contributed by atoms with Crippen LogP contribution in [-0.4, -0.2) is 26.4 Å². The number of hydrogen-bond acceptors (Lipinski definition) is 3. The van der Waals surface area contributed by atoms with Crippen LogP contribution in [0.2, 0.25) is 0 Å². The molecule has 0 atom stereocenters. The number of para-hydroxylation sites is 1. The lowest BCUT2D eigenvalue weighted by atomic mass is 10.1. The van der Waals surface area contributed by atoms with Crippen molar-refractivity contribution in [2.45, 2.75) is 6.42 Å². The van der Waals surface area contributed by atoms with E-state index in [1.807, 2.05) is 28.8 Å². The van der Waals surface area contributed by atoms with Crippen molar-refractivity contribution in [1.29, 1.82) is 0 Å². The number of amides is 1. The van der Waals surface area contributed by atoms with Gasteiger partial charge in [0.2, 0.25) is 5.91 Å². The summed E-state index contributed by atoms with van der Waals surface area (Å²) >= 11 is 0. The maximum absolute atomic E-state index is 12.1. The zero-order valence-electron chi connectivity index (χ0n) is 11.6. The van der Waals surface area contributed by atoms with Crippen molar-refractivity contribution in [2.24, 2.45) is 0 Å². The Morgan fingerprint density at radius 3 is 2.68 bits per heavy atom. The minimum absolute atomic E-state index is 0.0610. The summed E-state index contributed by atoms with van der Waals surface area (Å²) in [6.07, 6.45) is 3.71. The fourth-order valence-corrected chi connectivity index (χ4v) is 2.21. The number of benzene rings is 1. The molecule has 2 heterocycles. The Morgan fingerprint density at radius 2 is 1.91 bits per heavy atom. The second kappa shape index (κ2) is 5.69. The van der Waals surface area contributed by atoms with Gasteiger partial charge in [0.1, 0.15) is 5.65 Å². The first-order chi connectivity index (χ1) is 10.6. The second-order valence-electron chi connectivity index (χ2n) is 4.77. The molecule has 0 aliphatic rings. The Labute approximate surface area is 126 Å². The predicted molar refractivity (Wildman–Crippen MR) is 80.9 cm³/mol. The van der Waals surface area contributed by atoms with Crippen LogP contribution in [0.25, 0.3) is 5.65 Å².